The third-order valence-corrected chi connectivity index (χ3v) is 2.49. The molecule has 0 aliphatic heterocycles. The van der Waals surface area contributed by atoms with Crippen LogP contribution in [0.2, 0.25) is 0 Å². The number of ether oxygens (including phenoxy) is 1. The van der Waals surface area contributed by atoms with Gasteiger partial charge in [0.15, 0.2) is 0 Å². The Hall–Kier alpha value is -1.79. The minimum atomic E-state index is -0.584. The second-order valence-electron chi connectivity index (χ2n) is 4.27. The molecule has 0 radical (unpaired) electrons. The van der Waals surface area contributed by atoms with E-state index < -0.39 is 6.10 Å². The number of aliphatic hydroxyl groups is 1. The number of carbonyl (C=O) groups is 1. The van der Waals surface area contributed by atoms with E-state index in [9.17, 15) is 9.90 Å². The molecule has 0 spiro atoms. The molecule has 6 nitrogen and oxygen atoms in total. The minimum absolute atomic E-state index is 0.178. The van der Waals surface area contributed by atoms with E-state index in [1.807, 2.05) is 37.3 Å². The smallest absolute Gasteiger partial charge is 0.314 e. The molecule has 20 heavy (non-hydrogen) atoms. The van der Waals surface area contributed by atoms with E-state index in [1.54, 1.807) is 0 Å². The van der Waals surface area contributed by atoms with Crippen molar-refractivity contribution >= 4 is 6.03 Å². The van der Waals surface area contributed by atoms with Gasteiger partial charge in [0.05, 0.1) is 0 Å². The number of nitrogens with one attached hydrogen (secondary N) is 3. The van der Waals surface area contributed by atoms with Gasteiger partial charge in [0.25, 0.3) is 0 Å². The maximum absolute atomic E-state index is 11.1. The van der Waals surface area contributed by atoms with Crippen molar-refractivity contribution < 1.29 is 14.6 Å². The Morgan fingerprint density at radius 1 is 1.25 bits per heavy atom. The molecule has 112 valence electrons. The molecule has 0 fully saturated rings. The van der Waals surface area contributed by atoms with Gasteiger partial charge in [0.2, 0.25) is 0 Å². The Kier molecular flexibility index (Phi) is 8.17. The Morgan fingerprint density at radius 2 is 2.00 bits per heavy atom. The molecular formula is C14H23N3O3. The molecule has 4 N–H and O–H groups in total. The van der Waals surface area contributed by atoms with Crippen LogP contribution in [-0.2, 0) is 0 Å². The maximum atomic E-state index is 11.1. The van der Waals surface area contributed by atoms with E-state index in [-0.39, 0.29) is 12.6 Å². The van der Waals surface area contributed by atoms with Gasteiger partial charge in [-0.25, -0.2) is 4.79 Å². The summed E-state index contributed by atoms with van der Waals surface area (Å²) in [4.78, 5) is 11.1. The molecule has 6 heteroatoms. The molecule has 1 aromatic rings. The third-order valence-electron chi connectivity index (χ3n) is 2.49. The maximum Gasteiger partial charge on any atom is 0.314 e. The van der Waals surface area contributed by atoms with Crippen LogP contribution in [0.4, 0.5) is 4.79 Å². The Labute approximate surface area is 119 Å². The minimum Gasteiger partial charge on any atom is -0.491 e. The van der Waals surface area contributed by atoms with Crippen molar-refractivity contribution in [3.63, 3.8) is 0 Å². The third kappa shape index (κ3) is 7.60. The van der Waals surface area contributed by atoms with E-state index in [4.69, 9.17) is 4.74 Å². The molecule has 0 saturated carbocycles. The number of hydrogen-bond acceptors (Lipinski definition) is 4. The fourth-order valence-corrected chi connectivity index (χ4v) is 1.52. The van der Waals surface area contributed by atoms with E-state index in [0.29, 0.717) is 26.2 Å². The first-order valence-electron chi connectivity index (χ1n) is 6.80. The lowest BCUT2D eigenvalue weighted by Gasteiger charge is -2.13. The Bertz CT molecular complexity index is 373. The van der Waals surface area contributed by atoms with Crippen LogP contribution in [-0.4, -0.2) is 50.0 Å². The van der Waals surface area contributed by atoms with Gasteiger partial charge in [-0.1, -0.05) is 18.2 Å². The zero-order valence-electron chi connectivity index (χ0n) is 11.8. The van der Waals surface area contributed by atoms with Crippen LogP contribution in [0.5, 0.6) is 5.75 Å². The summed E-state index contributed by atoms with van der Waals surface area (Å²) >= 11 is 0. The predicted octanol–water partition coefficient (Wildman–Crippen LogP) is 0.335. The molecule has 0 heterocycles. The van der Waals surface area contributed by atoms with Gasteiger partial charge in [-0.05, 0) is 19.1 Å². The summed E-state index contributed by atoms with van der Waals surface area (Å²) in [6.07, 6.45) is -0.584. The average molecular weight is 281 g/mol. The Balaban J connectivity index is 2.00. The lowest BCUT2D eigenvalue weighted by molar-refractivity contribution is 0.106. The van der Waals surface area contributed by atoms with Crippen LogP contribution >= 0.6 is 0 Å². The van der Waals surface area contributed by atoms with Gasteiger partial charge < -0.3 is 25.8 Å². The number of carbonyl (C=O) groups excluding carboxylic acids is 1. The highest BCUT2D eigenvalue weighted by molar-refractivity contribution is 5.73. The number of hydrogen-bond donors (Lipinski definition) is 4. The largest absolute Gasteiger partial charge is 0.491 e. The van der Waals surface area contributed by atoms with Gasteiger partial charge in [-0.3, -0.25) is 0 Å². The molecule has 0 aliphatic carbocycles. The first-order valence-corrected chi connectivity index (χ1v) is 6.80. The fourth-order valence-electron chi connectivity index (χ4n) is 1.52. The van der Waals surface area contributed by atoms with Crippen molar-refractivity contribution in [1.29, 1.82) is 0 Å². The van der Waals surface area contributed by atoms with Gasteiger partial charge in [-0.15, -0.1) is 0 Å². The lowest BCUT2D eigenvalue weighted by atomic mass is 10.3. The highest BCUT2D eigenvalue weighted by atomic mass is 16.5. The predicted molar refractivity (Wildman–Crippen MR) is 77.9 cm³/mol. The van der Waals surface area contributed by atoms with Gasteiger partial charge >= 0.3 is 6.03 Å². The van der Waals surface area contributed by atoms with E-state index >= 15 is 0 Å². The van der Waals surface area contributed by atoms with Gasteiger partial charge in [0, 0.05) is 26.2 Å². The van der Waals surface area contributed by atoms with Crippen LogP contribution < -0.4 is 20.7 Å². The Morgan fingerprint density at radius 3 is 2.70 bits per heavy atom. The zero-order valence-corrected chi connectivity index (χ0v) is 11.8. The fraction of sp³-hybridized carbons (Fsp3) is 0.500. The summed E-state index contributed by atoms with van der Waals surface area (Å²) in [5.74, 6) is 0.740. The van der Waals surface area contributed by atoms with Crippen LogP contribution in [0.25, 0.3) is 0 Å². The van der Waals surface area contributed by atoms with Crippen molar-refractivity contribution in [2.45, 2.75) is 13.0 Å². The van der Waals surface area contributed by atoms with E-state index in [0.717, 1.165) is 5.75 Å². The number of rotatable bonds is 9. The summed E-state index contributed by atoms with van der Waals surface area (Å²) in [7, 11) is 0. The number of urea groups is 1. The summed E-state index contributed by atoms with van der Waals surface area (Å²) in [5, 5.41) is 18.1. The van der Waals surface area contributed by atoms with Crippen molar-refractivity contribution in [2.24, 2.45) is 0 Å². The SMILES string of the molecule is CCNC(=O)NCCNC[C@H](O)COc1ccccc1. The summed E-state index contributed by atoms with van der Waals surface area (Å²) < 4.78 is 5.43. The second kappa shape index (κ2) is 10.1. The van der Waals surface area contributed by atoms with Crippen molar-refractivity contribution in [2.75, 3.05) is 32.8 Å². The highest BCUT2D eigenvalue weighted by Crippen LogP contribution is 2.08. The summed E-state index contributed by atoms with van der Waals surface area (Å²) in [6, 6.07) is 9.18. The zero-order chi connectivity index (χ0) is 14.6. The van der Waals surface area contributed by atoms with E-state index in [2.05, 4.69) is 16.0 Å². The van der Waals surface area contributed by atoms with Gasteiger partial charge in [-0.2, -0.15) is 0 Å². The van der Waals surface area contributed by atoms with Crippen LogP contribution in [0.1, 0.15) is 6.92 Å². The first-order chi connectivity index (χ1) is 9.72. The van der Waals surface area contributed by atoms with Crippen LogP contribution in [0.15, 0.2) is 30.3 Å². The average Bonchev–Trinajstić information content (AvgIpc) is 2.46. The molecular weight excluding hydrogens is 258 g/mol. The standard InChI is InChI=1S/C14H23N3O3/c1-2-16-14(19)17-9-8-15-10-12(18)11-20-13-6-4-3-5-7-13/h3-7,12,15,18H,2,8-11H2,1H3,(H2,16,17,19)/t12-/m0/s1. The van der Waals surface area contributed by atoms with Crippen LogP contribution in [0.3, 0.4) is 0 Å². The quantitative estimate of drug-likeness (QED) is 0.492. The number of amides is 2. The number of para-hydroxylation sites is 1. The molecule has 1 aromatic carbocycles. The second-order valence-corrected chi connectivity index (χ2v) is 4.27. The van der Waals surface area contributed by atoms with E-state index in [1.165, 1.54) is 0 Å². The van der Waals surface area contributed by atoms with Crippen molar-refractivity contribution in [1.82, 2.24) is 16.0 Å². The van der Waals surface area contributed by atoms with Crippen molar-refractivity contribution in [3.8, 4) is 5.75 Å². The lowest BCUT2D eigenvalue weighted by Crippen LogP contribution is -2.40. The monoisotopic (exact) mass is 281 g/mol. The first kappa shape index (κ1) is 16.3. The van der Waals surface area contributed by atoms with Crippen LogP contribution in [0, 0.1) is 0 Å². The summed E-state index contributed by atoms with van der Waals surface area (Å²) in [5.41, 5.74) is 0. The summed E-state index contributed by atoms with van der Waals surface area (Å²) in [6.45, 7) is 4.23. The molecule has 0 aromatic heterocycles. The molecule has 2 amide bonds. The number of benzene rings is 1. The molecule has 0 unspecified atom stereocenters. The molecule has 0 bridgehead atoms. The highest BCUT2D eigenvalue weighted by Gasteiger charge is 2.04. The number of aliphatic hydroxyl groups excluding tert-OH is 1. The van der Waals surface area contributed by atoms with Crippen molar-refractivity contribution in [3.05, 3.63) is 30.3 Å². The molecule has 0 saturated heterocycles. The molecule has 0 aliphatic rings. The molecule has 1 rings (SSSR count). The normalized spacial score (nSPS) is 11.7. The topological polar surface area (TPSA) is 82.6 Å². The van der Waals surface area contributed by atoms with Gasteiger partial charge in [0.1, 0.15) is 18.5 Å². The molecule has 1 atom stereocenters.